The van der Waals surface area contributed by atoms with Gasteiger partial charge in [-0.15, -0.1) is 0 Å². The second kappa shape index (κ2) is 7.32. The lowest BCUT2D eigenvalue weighted by Gasteiger charge is -2.17. The summed E-state index contributed by atoms with van der Waals surface area (Å²) in [7, 11) is 3.92. The summed E-state index contributed by atoms with van der Waals surface area (Å²) >= 11 is 0. The molecule has 0 spiro atoms. The van der Waals surface area contributed by atoms with Crippen molar-refractivity contribution in [2.75, 3.05) is 27.2 Å². The maximum Gasteiger partial charge on any atom is 0.318 e. The molecule has 1 heterocycles. The lowest BCUT2D eigenvalue weighted by Crippen LogP contribution is -2.23. The molecule has 0 aliphatic heterocycles. The van der Waals surface area contributed by atoms with E-state index in [-0.39, 0.29) is 5.97 Å². The molecule has 1 atom stereocenters. The van der Waals surface area contributed by atoms with Crippen LogP contribution in [0.1, 0.15) is 17.0 Å². The molecule has 0 bridgehead atoms. The molecular weight excluding hydrogens is 300 g/mol. The molecular formula is C20H22N2O2. The van der Waals surface area contributed by atoms with E-state index in [9.17, 15) is 4.79 Å². The van der Waals surface area contributed by atoms with Crippen molar-refractivity contribution in [3.8, 4) is 0 Å². The maximum atomic E-state index is 12.8. The Morgan fingerprint density at radius 2 is 1.79 bits per heavy atom. The van der Waals surface area contributed by atoms with Gasteiger partial charge in [0.1, 0.15) is 12.5 Å². The monoisotopic (exact) mass is 322 g/mol. The number of carbonyl (C=O) groups excluding carboxylic acids is 1. The normalized spacial score (nSPS) is 12.5. The number of likely N-dealkylation sites (N-methyl/N-ethyl adjacent to an activating group) is 1. The number of aromatic amines is 1. The fourth-order valence-electron chi connectivity index (χ4n) is 2.83. The van der Waals surface area contributed by atoms with Crippen molar-refractivity contribution in [3.05, 3.63) is 71.9 Å². The fraction of sp³-hybridized carbons (Fsp3) is 0.250. The van der Waals surface area contributed by atoms with E-state index in [0.717, 1.165) is 22.0 Å². The number of carbonyl (C=O) groups is 1. The van der Waals surface area contributed by atoms with Crippen molar-refractivity contribution in [1.82, 2.24) is 9.88 Å². The highest BCUT2D eigenvalue weighted by atomic mass is 16.5. The third-order valence-corrected chi connectivity index (χ3v) is 4.08. The van der Waals surface area contributed by atoms with Crippen molar-refractivity contribution in [2.45, 2.75) is 5.92 Å². The average molecular weight is 322 g/mol. The molecule has 2 aromatic carbocycles. The molecule has 0 saturated carbocycles. The average Bonchev–Trinajstić information content (AvgIpc) is 3.00. The van der Waals surface area contributed by atoms with Gasteiger partial charge in [-0.2, -0.15) is 0 Å². The molecule has 1 unspecified atom stereocenters. The van der Waals surface area contributed by atoms with Gasteiger partial charge in [0.25, 0.3) is 0 Å². The standard InChI is InChI=1S/C20H22N2O2/c1-22(2)12-13-24-20(23)19(15-8-4-3-5-9-15)17-14-21-18-11-7-6-10-16(17)18/h3-11,14,19,21H,12-13H2,1-2H3. The molecule has 4 nitrogen and oxygen atoms in total. The van der Waals surface area contributed by atoms with Crippen LogP contribution in [0.5, 0.6) is 0 Å². The van der Waals surface area contributed by atoms with Crippen LogP contribution in [0.15, 0.2) is 60.8 Å². The Morgan fingerprint density at radius 3 is 2.54 bits per heavy atom. The zero-order valence-electron chi connectivity index (χ0n) is 14.0. The van der Waals surface area contributed by atoms with Crippen LogP contribution in [-0.4, -0.2) is 43.1 Å². The Labute approximate surface area is 142 Å². The Kier molecular flexibility index (Phi) is 4.96. The molecule has 0 aliphatic carbocycles. The zero-order valence-corrected chi connectivity index (χ0v) is 14.0. The molecule has 24 heavy (non-hydrogen) atoms. The highest BCUT2D eigenvalue weighted by Gasteiger charge is 2.26. The quantitative estimate of drug-likeness (QED) is 0.708. The van der Waals surface area contributed by atoms with Gasteiger partial charge in [0.15, 0.2) is 0 Å². The van der Waals surface area contributed by atoms with Crippen molar-refractivity contribution in [2.24, 2.45) is 0 Å². The first-order valence-corrected chi connectivity index (χ1v) is 8.09. The third kappa shape index (κ3) is 3.49. The predicted octanol–water partition coefficient (Wildman–Crippen LogP) is 3.40. The summed E-state index contributed by atoms with van der Waals surface area (Å²) in [5.74, 6) is -0.641. The number of benzene rings is 2. The van der Waals surface area contributed by atoms with Gasteiger partial charge in [-0.3, -0.25) is 4.79 Å². The van der Waals surface area contributed by atoms with Crippen molar-refractivity contribution >= 4 is 16.9 Å². The van der Waals surface area contributed by atoms with Crippen LogP contribution < -0.4 is 0 Å². The van der Waals surface area contributed by atoms with Crippen molar-refractivity contribution < 1.29 is 9.53 Å². The molecule has 3 aromatic rings. The van der Waals surface area contributed by atoms with E-state index in [1.807, 2.05) is 79.8 Å². The minimum absolute atomic E-state index is 0.215. The van der Waals surface area contributed by atoms with Gasteiger partial charge in [0.05, 0.1) is 0 Å². The minimum atomic E-state index is -0.426. The van der Waals surface area contributed by atoms with E-state index in [4.69, 9.17) is 4.74 Å². The Balaban J connectivity index is 1.95. The van der Waals surface area contributed by atoms with Gasteiger partial charge in [0, 0.05) is 23.6 Å². The molecule has 0 aliphatic rings. The molecule has 0 amide bonds. The summed E-state index contributed by atoms with van der Waals surface area (Å²) in [4.78, 5) is 18.1. The lowest BCUT2D eigenvalue weighted by molar-refractivity contribution is -0.144. The second-order valence-corrected chi connectivity index (χ2v) is 6.10. The molecule has 3 rings (SSSR count). The molecule has 0 radical (unpaired) electrons. The first-order valence-electron chi connectivity index (χ1n) is 8.09. The SMILES string of the molecule is CN(C)CCOC(=O)C(c1ccccc1)c1c[nH]c2ccccc12. The van der Waals surface area contributed by atoms with Crippen molar-refractivity contribution in [3.63, 3.8) is 0 Å². The summed E-state index contributed by atoms with van der Waals surface area (Å²) in [5.41, 5.74) is 2.92. The van der Waals surface area contributed by atoms with Crippen molar-refractivity contribution in [1.29, 1.82) is 0 Å². The number of aromatic nitrogens is 1. The molecule has 1 aromatic heterocycles. The zero-order chi connectivity index (χ0) is 16.9. The predicted molar refractivity (Wildman–Crippen MR) is 96.1 cm³/mol. The number of fused-ring (bicyclic) bond motifs is 1. The van der Waals surface area contributed by atoms with Gasteiger partial charge in [-0.1, -0.05) is 48.5 Å². The van der Waals surface area contributed by atoms with E-state index in [1.54, 1.807) is 0 Å². The molecule has 4 heteroatoms. The van der Waals surface area contributed by atoms with Crippen LogP contribution >= 0.6 is 0 Å². The highest BCUT2D eigenvalue weighted by molar-refractivity contribution is 5.92. The van der Waals surface area contributed by atoms with Crippen LogP contribution in [-0.2, 0) is 9.53 Å². The number of hydrogen-bond donors (Lipinski definition) is 1. The molecule has 0 saturated heterocycles. The van der Waals surface area contributed by atoms with Gasteiger partial charge in [0.2, 0.25) is 0 Å². The first-order chi connectivity index (χ1) is 11.7. The van der Waals surface area contributed by atoms with Gasteiger partial charge < -0.3 is 14.6 Å². The number of esters is 1. The number of rotatable bonds is 6. The van der Waals surface area contributed by atoms with E-state index >= 15 is 0 Å². The lowest BCUT2D eigenvalue weighted by atomic mass is 9.91. The third-order valence-electron chi connectivity index (χ3n) is 4.08. The molecule has 124 valence electrons. The summed E-state index contributed by atoms with van der Waals surface area (Å²) < 4.78 is 5.55. The number of ether oxygens (including phenoxy) is 1. The van der Waals surface area contributed by atoms with E-state index in [2.05, 4.69) is 4.98 Å². The number of hydrogen-bond acceptors (Lipinski definition) is 3. The number of H-pyrrole nitrogens is 1. The summed E-state index contributed by atoms with van der Waals surface area (Å²) in [5, 5.41) is 1.05. The first kappa shape index (κ1) is 16.3. The fourth-order valence-corrected chi connectivity index (χ4v) is 2.83. The Morgan fingerprint density at radius 1 is 1.08 bits per heavy atom. The van der Waals surface area contributed by atoms with E-state index in [1.165, 1.54) is 0 Å². The molecule has 0 fully saturated rings. The van der Waals surface area contributed by atoms with Gasteiger partial charge >= 0.3 is 5.97 Å². The highest BCUT2D eigenvalue weighted by Crippen LogP contribution is 2.31. The summed E-state index contributed by atoms with van der Waals surface area (Å²) in [6.07, 6.45) is 1.91. The van der Waals surface area contributed by atoms with Gasteiger partial charge in [-0.05, 0) is 31.3 Å². The van der Waals surface area contributed by atoms with Crippen LogP contribution in [0.2, 0.25) is 0 Å². The van der Waals surface area contributed by atoms with E-state index in [0.29, 0.717) is 13.2 Å². The minimum Gasteiger partial charge on any atom is -0.464 e. The van der Waals surface area contributed by atoms with Crippen LogP contribution in [0.4, 0.5) is 0 Å². The second-order valence-electron chi connectivity index (χ2n) is 6.10. The Bertz CT molecular complexity index is 809. The summed E-state index contributed by atoms with van der Waals surface area (Å²) in [6.45, 7) is 1.10. The van der Waals surface area contributed by atoms with Crippen LogP contribution in [0.3, 0.4) is 0 Å². The van der Waals surface area contributed by atoms with E-state index < -0.39 is 5.92 Å². The summed E-state index contributed by atoms with van der Waals surface area (Å²) in [6, 6.07) is 17.8. The smallest absolute Gasteiger partial charge is 0.318 e. The van der Waals surface area contributed by atoms with Crippen LogP contribution in [0.25, 0.3) is 10.9 Å². The van der Waals surface area contributed by atoms with Crippen LogP contribution in [0, 0.1) is 0 Å². The number of nitrogens with zero attached hydrogens (tertiary/aromatic N) is 1. The largest absolute Gasteiger partial charge is 0.464 e. The maximum absolute atomic E-state index is 12.8. The topological polar surface area (TPSA) is 45.3 Å². The number of nitrogens with one attached hydrogen (secondary N) is 1. The van der Waals surface area contributed by atoms with Gasteiger partial charge in [-0.25, -0.2) is 0 Å². The molecule has 1 N–H and O–H groups in total. The Hall–Kier alpha value is -2.59. The number of para-hydroxylation sites is 1.